The molecular weight excluding hydrogens is 412 g/mol. The Kier molecular flexibility index (Phi) is 6.82. The molecule has 3 heterocycles. The summed E-state index contributed by atoms with van der Waals surface area (Å²) in [6.45, 7) is 4.94. The van der Waals surface area contributed by atoms with Gasteiger partial charge < -0.3 is 10.2 Å². The zero-order chi connectivity index (χ0) is 23.3. The van der Waals surface area contributed by atoms with E-state index in [1.54, 1.807) is 35.6 Å². The molecule has 2 aromatic heterocycles. The quantitative estimate of drug-likeness (QED) is 0.623. The summed E-state index contributed by atoms with van der Waals surface area (Å²) in [5, 5.41) is 3.12. The van der Waals surface area contributed by atoms with Gasteiger partial charge in [0.05, 0.1) is 5.41 Å². The fraction of sp³-hybridized carbons (Fsp3) is 0.333. The van der Waals surface area contributed by atoms with Crippen LogP contribution in [-0.4, -0.2) is 45.8 Å². The van der Waals surface area contributed by atoms with Crippen molar-refractivity contribution in [1.29, 1.82) is 0 Å². The minimum absolute atomic E-state index is 0.00494. The minimum Gasteiger partial charge on any atom is -0.353 e. The van der Waals surface area contributed by atoms with Crippen LogP contribution in [0, 0.1) is 5.41 Å². The Morgan fingerprint density at radius 3 is 2.58 bits per heavy atom. The van der Waals surface area contributed by atoms with Gasteiger partial charge in [-0.15, -0.1) is 0 Å². The molecule has 0 aliphatic carbocycles. The number of rotatable bonds is 6. The van der Waals surface area contributed by atoms with Crippen molar-refractivity contribution in [1.82, 2.24) is 20.2 Å². The average Bonchev–Trinajstić information content (AvgIpc) is 2.84. The second kappa shape index (κ2) is 9.94. The third kappa shape index (κ3) is 5.28. The molecule has 1 fully saturated rings. The number of hydrogen-bond donors (Lipinski definition) is 1. The molecule has 170 valence electrons. The molecule has 0 radical (unpaired) electrons. The summed E-state index contributed by atoms with van der Waals surface area (Å²) in [6.07, 6.45) is 7.26. The van der Waals surface area contributed by atoms with E-state index in [1.807, 2.05) is 38.1 Å². The highest BCUT2D eigenvalue weighted by atomic mass is 16.2. The number of aromatic nitrogens is 2. The van der Waals surface area contributed by atoms with Crippen LogP contribution in [0.1, 0.15) is 42.7 Å². The van der Waals surface area contributed by atoms with Gasteiger partial charge >= 0.3 is 0 Å². The molecule has 1 atom stereocenters. The van der Waals surface area contributed by atoms with Crippen molar-refractivity contribution in [3.05, 3.63) is 84.4 Å². The van der Waals surface area contributed by atoms with Gasteiger partial charge in [-0.05, 0) is 74.1 Å². The van der Waals surface area contributed by atoms with Gasteiger partial charge in [-0.1, -0.05) is 30.3 Å². The fourth-order valence-corrected chi connectivity index (χ4v) is 4.58. The first-order chi connectivity index (χ1) is 16.0. The van der Waals surface area contributed by atoms with Crippen molar-refractivity contribution in [2.45, 2.75) is 39.2 Å². The van der Waals surface area contributed by atoms with Crippen LogP contribution in [0.2, 0.25) is 0 Å². The standard InChI is InChI=1S/C27H30N4O2/c1-20(2)30-26(33)27(12-6-16-31(19-27)25(32)24-9-3-4-13-29-24)18-21-7-5-8-23(17-21)22-10-14-28-15-11-22/h3-5,7-11,13-15,17,20H,6,12,16,18-19H2,1-2H3,(H,30,33)/t27-/m1/s1. The molecule has 1 N–H and O–H groups in total. The molecular formula is C27H30N4O2. The van der Waals surface area contributed by atoms with E-state index in [-0.39, 0.29) is 17.9 Å². The Bertz CT molecular complexity index is 1100. The molecule has 4 rings (SSSR count). The number of carbonyl (C=O) groups excluding carboxylic acids is 2. The molecule has 1 aliphatic rings. The zero-order valence-electron chi connectivity index (χ0n) is 19.2. The summed E-state index contributed by atoms with van der Waals surface area (Å²) in [7, 11) is 0. The lowest BCUT2D eigenvalue weighted by Crippen LogP contribution is -2.55. The predicted molar refractivity (Wildman–Crippen MR) is 128 cm³/mol. The highest BCUT2D eigenvalue weighted by Crippen LogP contribution is 2.36. The van der Waals surface area contributed by atoms with E-state index in [0.717, 1.165) is 29.5 Å². The molecule has 33 heavy (non-hydrogen) atoms. The molecule has 6 nitrogen and oxygen atoms in total. The minimum atomic E-state index is -0.691. The first-order valence-electron chi connectivity index (χ1n) is 11.5. The summed E-state index contributed by atoms with van der Waals surface area (Å²) in [5.74, 6) is -0.118. The predicted octanol–water partition coefficient (Wildman–Crippen LogP) is 4.13. The number of nitrogens with zero attached hydrogens (tertiary/aromatic N) is 3. The molecule has 0 saturated carbocycles. The Labute approximate surface area is 195 Å². The highest BCUT2D eigenvalue weighted by molar-refractivity contribution is 5.93. The maximum atomic E-state index is 13.5. The molecule has 0 bridgehead atoms. The van der Waals surface area contributed by atoms with E-state index >= 15 is 0 Å². The maximum absolute atomic E-state index is 13.5. The normalized spacial score (nSPS) is 18.2. The van der Waals surface area contributed by atoms with Crippen LogP contribution in [0.25, 0.3) is 11.1 Å². The van der Waals surface area contributed by atoms with Crippen LogP contribution in [0.3, 0.4) is 0 Å². The van der Waals surface area contributed by atoms with Crippen molar-refractivity contribution < 1.29 is 9.59 Å². The molecule has 0 unspecified atom stereocenters. The van der Waals surface area contributed by atoms with E-state index in [2.05, 4.69) is 33.5 Å². The largest absolute Gasteiger partial charge is 0.353 e. The average molecular weight is 443 g/mol. The highest BCUT2D eigenvalue weighted by Gasteiger charge is 2.44. The number of benzene rings is 1. The second-order valence-electron chi connectivity index (χ2n) is 9.07. The first-order valence-corrected chi connectivity index (χ1v) is 11.5. The lowest BCUT2D eigenvalue weighted by atomic mass is 9.73. The van der Waals surface area contributed by atoms with E-state index in [1.165, 1.54) is 0 Å². The Hall–Kier alpha value is -3.54. The third-order valence-corrected chi connectivity index (χ3v) is 6.13. The first kappa shape index (κ1) is 22.6. The zero-order valence-corrected chi connectivity index (χ0v) is 19.2. The number of piperidine rings is 1. The van der Waals surface area contributed by atoms with Gasteiger partial charge in [0.15, 0.2) is 0 Å². The number of carbonyl (C=O) groups is 2. The van der Waals surface area contributed by atoms with Gasteiger partial charge in [-0.3, -0.25) is 19.6 Å². The lowest BCUT2D eigenvalue weighted by Gasteiger charge is -2.42. The van der Waals surface area contributed by atoms with Crippen molar-refractivity contribution in [3.63, 3.8) is 0 Å². The summed E-state index contributed by atoms with van der Waals surface area (Å²) in [6, 6.07) is 17.6. The van der Waals surface area contributed by atoms with Gasteiger partial charge in [0.1, 0.15) is 5.69 Å². The summed E-state index contributed by atoms with van der Waals surface area (Å²) >= 11 is 0. The van der Waals surface area contributed by atoms with E-state index in [4.69, 9.17) is 0 Å². The molecule has 1 aliphatic heterocycles. The van der Waals surface area contributed by atoms with E-state index < -0.39 is 5.41 Å². The Balaban J connectivity index is 1.64. The monoisotopic (exact) mass is 442 g/mol. The summed E-state index contributed by atoms with van der Waals surface area (Å²) in [5.41, 5.74) is 2.98. The summed E-state index contributed by atoms with van der Waals surface area (Å²) < 4.78 is 0. The maximum Gasteiger partial charge on any atom is 0.272 e. The van der Waals surface area contributed by atoms with Crippen molar-refractivity contribution in [3.8, 4) is 11.1 Å². The van der Waals surface area contributed by atoms with Crippen LogP contribution >= 0.6 is 0 Å². The summed E-state index contributed by atoms with van der Waals surface area (Å²) in [4.78, 5) is 36.8. The van der Waals surface area contributed by atoms with Crippen LogP contribution in [0.5, 0.6) is 0 Å². The van der Waals surface area contributed by atoms with Gasteiger partial charge in [0.2, 0.25) is 5.91 Å². The SMILES string of the molecule is CC(C)NC(=O)[C@@]1(Cc2cccc(-c3ccncc3)c2)CCCN(C(=O)c2ccccn2)C1. The lowest BCUT2D eigenvalue weighted by molar-refractivity contribution is -0.134. The van der Waals surface area contributed by atoms with Crippen molar-refractivity contribution in [2.24, 2.45) is 5.41 Å². The van der Waals surface area contributed by atoms with Crippen LogP contribution in [0.4, 0.5) is 0 Å². The van der Waals surface area contributed by atoms with Gasteiger partial charge in [-0.2, -0.15) is 0 Å². The molecule has 0 spiro atoms. The van der Waals surface area contributed by atoms with E-state index in [0.29, 0.717) is 25.2 Å². The van der Waals surface area contributed by atoms with Crippen molar-refractivity contribution in [2.75, 3.05) is 13.1 Å². The Morgan fingerprint density at radius 1 is 1.03 bits per heavy atom. The van der Waals surface area contributed by atoms with Crippen LogP contribution < -0.4 is 5.32 Å². The Morgan fingerprint density at radius 2 is 1.85 bits per heavy atom. The fourth-order valence-electron chi connectivity index (χ4n) is 4.58. The smallest absolute Gasteiger partial charge is 0.272 e. The molecule has 3 aromatic rings. The number of amides is 2. The number of nitrogens with one attached hydrogen (secondary N) is 1. The molecule has 1 aromatic carbocycles. The number of hydrogen-bond acceptors (Lipinski definition) is 4. The van der Waals surface area contributed by atoms with Gasteiger partial charge in [0.25, 0.3) is 5.91 Å². The van der Waals surface area contributed by atoms with Crippen molar-refractivity contribution >= 4 is 11.8 Å². The number of likely N-dealkylation sites (tertiary alicyclic amines) is 1. The molecule has 6 heteroatoms. The second-order valence-corrected chi connectivity index (χ2v) is 9.07. The third-order valence-electron chi connectivity index (χ3n) is 6.13. The number of pyridine rings is 2. The van der Waals surface area contributed by atoms with E-state index in [9.17, 15) is 9.59 Å². The topological polar surface area (TPSA) is 75.2 Å². The van der Waals surface area contributed by atoms with Crippen LogP contribution in [-0.2, 0) is 11.2 Å². The van der Waals surface area contributed by atoms with Gasteiger partial charge in [0, 0.05) is 37.7 Å². The molecule has 1 saturated heterocycles. The molecule has 2 amide bonds. The van der Waals surface area contributed by atoms with Crippen LogP contribution in [0.15, 0.2) is 73.2 Å². The van der Waals surface area contributed by atoms with Gasteiger partial charge in [-0.25, -0.2) is 0 Å².